The highest BCUT2D eigenvalue weighted by molar-refractivity contribution is 7.93. The molecular weight excluding hydrogens is 1600 g/mol. The van der Waals surface area contributed by atoms with Crippen molar-refractivity contribution >= 4 is 109 Å². The zero-order chi connectivity index (χ0) is 89.0. The largest absolute Gasteiger partial charge is 0.396 e. The fraction of sp³-hybridized carbons (Fsp3) is 0.209. The molecule has 4 aromatic carbocycles. The number of nitrogens with two attached hydrogens (primary N) is 3. The van der Waals surface area contributed by atoms with E-state index in [2.05, 4.69) is 79.1 Å². The number of nitrogens with one attached hydrogen (secondary N) is 2. The van der Waals surface area contributed by atoms with Crippen molar-refractivity contribution in [1.29, 1.82) is 5.41 Å². The monoisotopic (exact) mass is 1690 g/mol. The van der Waals surface area contributed by atoms with Crippen LogP contribution in [-0.2, 0) is 36.2 Å². The van der Waals surface area contributed by atoms with E-state index in [0.717, 1.165) is 93.9 Å². The van der Waals surface area contributed by atoms with Crippen LogP contribution in [-0.4, -0.2) is 152 Å². The van der Waals surface area contributed by atoms with Crippen LogP contribution in [0.15, 0.2) is 204 Å². The van der Waals surface area contributed by atoms with Crippen molar-refractivity contribution in [2.45, 2.75) is 99.4 Å². The molecule has 13 N–H and O–H groups in total. The van der Waals surface area contributed by atoms with Crippen LogP contribution in [0.1, 0.15) is 90.0 Å². The summed E-state index contributed by atoms with van der Waals surface area (Å²) >= 11 is 0. The molecule has 2 aliphatic rings. The van der Waals surface area contributed by atoms with Crippen molar-refractivity contribution in [3.8, 4) is 44.5 Å². The summed E-state index contributed by atoms with van der Waals surface area (Å²) in [7, 11) is -4.03. The normalized spacial score (nSPS) is 12.7. The predicted molar refractivity (Wildman–Crippen MR) is 485 cm³/mol. The number of pyridine rings is 1. The lowest BCUT2D eigenvalue weighted by molar-refractivity contribution is 0.0105. The topological polar surface area (TPSA) is 435 Å². The second kappa shape index (κ2) is 40.8. The highest BCUT2D eigenvalue weighted by Gasteiger charge is 2.29. The van der Waals surface area contributed by atoms with Gasteiger partial charge in [-0.05, 0) is 149 Å². The number of hydrogen-bond donors (Lipinski definition) is 10. The van der Waals surface area contributed by atoms with E-state index >= 15 is 0 Å². The number of aromatic nitrogens is 14. The molecule has 11 heterocycles. The highest BCUT2D eigenvalue weighted by Crippen LogP contribution is 2.43. The summed E-state index contributed by atoms with van der Waals surface area (Å²) in [4.78, 5) is 56.8. The predicted octanol–water partition coefficient (Wildman–Crippen LogP) is 12.5. The first kappa shape index (κ1) is 88.9. The van der Waals surface area contributed by atoms with Crippen LogP contribution in [0.25, 0.3) is 133 Å². The second-order valence-electron chi connectivity index (χ2n) is 29.0. The number of sulfonamides is 1. The number of nitrogens with zero attached hydrogens (tertiary/aromatic N) is 21. The summed E-state index contributed by atoms with van der Waals surface area (Å²) in [6.45, 7) is 44.0. The van der Waals surface area contributed by atoms with Gasteiger partial charge in [0.1, 0.15) is 65.2 Å². The van der Waals surface area contributed by atoms with Gasteiger partial charge in [-0.3, -0.25) is 15.6 Å². The molecule has 34 heteroatoms. The quantitative estimate of drug-likeness (QED) is 0.0238. The van der Waals surface area contributed by atoms with E-state index < -0.39 is 15.1 Å². The average molecular weight is 1690 g/mol. The summed E-state index contributed by atoms with van der Waals surface area (Å²) in [5, 5.41) is 63.1. The number of aryl methyl sites for hydroxylation is 7. The SMILES string of the molecule is [C-]#[N+]/C(=C\c1c(-c2ccc(C)cc2)c2c(N)ncnc2n1CCCO)S(=O)(=O)NC(C)C.[C-]#[N+]/C(=C\c1c(-c2ccc(C)cc2)c2c(N)ncnc2n1CCCO)c1ccncc1.[C-]#[N+]/C(=C\c1c(-c2ccc(C)cc2)c2c(N)ncnc2n1CCCO)n1cncn1.[C-]#[N+]C(C=c1c(-c2ccc(C)cc2)c2c(n1CCCO)=NC=NC2=N)=C1C=CN(O)C=C1. The first-order valence-corrected chi connectivity index (χ1v) is 41.0. The molecule has 0 aliphatic carbocycles. The minimum Gasteiger partial charge on any atom is -0.396 e. The van der Waals surface area contributed by atoms with Gasteiger partial charge < -0.3 is 60.7 Å². The Morgan fingerprint density at radius 2 is 0.944 bits per heavy atom. The van der Waals surface area contributed by atoms with Gasteiger partial charge in [0, 0.05) is 128 Å². The van der Waals surface area contributed by atoms with Crippen molar-refractivity contribution < 1.29 is 34.1 Å². The molecule has 0 saturated heterocycles. The van der Waals surface area contributed by atoms with Crippen LogP contribution in [0.5, 0.6) is 0 Å². The summed E-state index contributed by atoms with van der Waals surface area (Å²) in [5.74, 6) is 1.37. The maximum absolute atomic E-state index is 12.8. The van der Waals surface area contributed by atoms with Crippen molar-refractivity contribution in [3.63, 3.8) is 0 Å². The lowest BCUT2D eigenvalue weighted by Gasteiger charge is -2.11. The first-order chi connectivity index (χ1) is 60.5. The molecule has 15 rings (SSSR count). The maximum Gasteiger partial charge on any atom is 0.294 e. The zero-order valence-corrected chi connectivity index (χ0v) is 70.1. The van der Waals surface area contributed by atoms with E-state index in [0.29, 0.717) is 130 Å². The highest BCUT2D eigenvalue weighted by atomic mass is 32.2. The second-order valence-corrected chi connectivity index (χ2v) is 30.7. The lowest BCUT2D eigenvalue weighted by Crippen LogP contribution is -2.30. The molecule has 0 spiro atoms. The van der Waals surface area contributed by atoms with E-state index in [1.165, 1.54) is 61.1 Å². The molecule has 0 fully saturated rings. The van der Waals surface area contributed by atoms with Crippen molar-refractivity contribution in [1.82, 2.24) is 77.7 Å². The minimum absolute atomic E-state index is 0.00632. The molecule has 632 valence electrons. The third-order valence-electron chi connectivity index (χ3n) is 20.1. The Kier molecular flexibility index (Phi) is 29.0. The van der Waals surface area contributed by atoms with E-state index in [-0.39, 0.29) is 49.9 Å². The molecule has 0 unspecified atom stereocenters. The number of amidine groups is 1. The molecule has 0 atom stereocenters. The number of fused-ring (bicyclic) bond motifs is 4. The zero-order valence-electron chi connectivity index (χ0n) is 69.3. The third kappa shape index (κ3) is 20.0. The van der Waals surface area contributed by atoms with Crippen LogP contribution in [0.4, 0.5) is 17.5 Å². The first-order valence-electron chi connectivity index (χ1n) is 39.5. The summed E-state index contributed by atoms with van der Waals surface area (Å²) in [5.41, 5.74) is 37.3. The van der Waals surface area contributed by atoms with Crippen molar-refractivity contribution in [2.75, 3.05) is 43.6 Å². The Balaban J connectivity index is 0.000000152. The number of aliphatic hydroxyl groups excluding tert-OH is 4. The van der Waals surface area contributed by atoms with Crippen molar-refractivity contribution in [2.24, 2.45) is 9.98 Å². The summed E-state index contributed by atoms with van der Waals surface area (Å²) in [6, 6.07) is 35.1. The molecule has 13 aromatic rings. The molecule has 9 aromatic heterocycles. The standard InChI is InChI=1S/C24H22N6O2.C24H22N6O.C22H26N6O3S.C21H20N8O/c1-16-4-6-18(7-5-16)21-20(14-19(26-2)17-8-11-29(32)12-9-17)30(10-3-13-31)24-22(21)23(25)27-15-28-24;1-16-4-6-18(7-5-16)21-20(14-19(26-2)17-8-10-27-11-9-17)30(12-3-13-31)24-22(21)23(25)28-15-29-24;1-14(2)27-32(30,31)18(24-4)12-17-19(16-8-6-15(3)7-9-16)20-21(23)25-13-26-22(20)28(17)10-5-11-29;1-14-4-6-15(7-5-14)18-16(10-17(23-2)29-13-24-11-27-29)28(8-3-9-30)21-19(18)20(22)25-12-26-21/h4-9,11-12,14-15,25,31-32H,3,10,13H2,1H3;4-11,14-15,31H,3,12-13H2,1H3,(H2,25,28,29);6-9,12-14,27,29H,5,10-11H2,1-3H3,(H2,23,25,26);4-7,10-13,30H,3,8-9H2,1H3,(H2,22,25,26)/b;19-14-;18-12+;17-10+. The number of aliphatic hydroxyl groups is 4. The van der Waals surface area contributed by atoms with Gasteiger partial charge in [0.2, 0.25) is 10.0 Å². The van der Waals surface area contributed by atoms with Gasteiger partial charge >= 0.3 is 0 Å². The van der Waals surface area contributed by atoms with Crippen LogP contribution >= 0.6 is 0 Å². The van der Waals surface area contributed by atoms with Crippen LogP contribution in [0.3, 0.4) is 0 Å². The van der Waals surface area contributed by atoms with Gasteiger partial charge in [-0.25, -0.2) is 72.6 Å². The molecule has 2 aliphatic heterocycles. The fourth-order valence-electron chi connectivity index (χ4n) is 14.3. The fourth-order valence-corrected chi connectivity index (χ4v) is 15.4. The van der Waals surface area contributed by atoms with E-state index in [4.69, 9.17) is 48.9 Å². The van der Waals surface area contributed by atoms with Gasteiger partial charge in [0.05, 0.1) is 41.4 Å². The van der Waals surface area contributed by atoms with Crippen LogP contribution < -0.4 is 32.8 Å². The van der Waals surface area contributed by atoms with Crippen LogP contribution in [0, 0.1) is 59.4 Å². The van der Waals surface area contributed by atoms with Gasteiger partial charge in [-0.2, -0.15) is 9.67 Å². The minimum atomic E-state index is -4.03. The van der Waals surface area contributed by atoms with Gasteiger partial charge in [0.25, 0.3) is 10.9 Å². The number of rotatable bonds is 25. The number of aliphatic imine (C=N–C) groups is 1. The number of hydroxylamine groups is 2. The maximum atomic E-state index is 12.8. The number of hydrogen-bond acceptors (Lipinski definition) is 22. The Labute approximate surface area is 720 Å². The van der Waals surface area contributed by atoms with Gasteiger partial charge in [0.15, 0.2) is 29.9 Å². The Hall–Kier alpha value is -15.4. The average Bonchev–Trinajstić information content (AvgIpc) is 1.61. The summed E-state index contributed by atoms with van der Waals surface area (Å²) < 4.78 is 37.1. The Morgan fingerprint density at radius 1 is 0.520 bits per heavy atom. The lowest BCUT2D eigenvalue weighted by atomic mass is 10.0. The van der Waals surface area contributed by atoms with E-state index in [1.54, 1.807) is 55.1 Å². The molecular formula is C91H90N26O7S. The van der Waals surface area contributed by atoms with Gasteiger partial charge in [-0.1, -0.05) is 131 Å². The van der Waals surface area contributed by atoms with E-state index in [1.807, 2.05) is 157 Å². The van der Waals surface area contributed by atoms with Gasteiger partial charge in [-0.15, -0.1) is 0 Å². The number of benzene rings is 4. The third-order valence-corrected chi connectivity index (χ3v) is 21.6. The molecule has 125 heavy (non-hydrogen) atoms. The molecule has 0 amide bonds. The number of anilines is 3. The van der Waals surface area contributed by atoms with E-state index in [9.17, 15) is 34.1 Å². The van der Waals surface area contributed by atoms with Crippen LogP contribution in [0.2, 0.25) is 0 Å². The Bertz CT molecular complexity index is 6820. The molecule has 0 radical (unpaired) electrons. The molecule has 33 nitrogen and oxygen atoms in total. The number of nitrogen functional groups attached to an aromatic ring is 3. The Morgan fingerprint density at radius 3 is 1.34 bits per heavy atom. The smallest absolute Gasteiger partial charge is 0.294 e. The van der Waals surface area contributed by atoms with Crippen molar-refractivity contribution in [3.05, 3.63) is 301 Å². The summed E-state index contributed by atoms with van der Waals surface area (Å²) in [6.07, 6.45) is 26.7. The molecule has 0 saturated carbocycles. The number of allylic oxidation sites excluding steroid dienone is 4. The molecule has 0 bridgehead atoms.